The van der Waals surface area contributed by atoms with E-state index in [0.29, 0.717) is 17.1 Å². The van der Waals surface area contributed by atoms with E-state index in [1.54, 1.807) is 12.1 Å². The van der Waals surface area contributed by atoms with Gasteiger partial charge in [-0.05, 0) is 31.0 Å². The largest absolute Gasteiger partial charge is 0.457 e. The van der Waals surface area contributed by atoms with Crippen LogP contribution in [-0.2, 0) is 4.79 Å². The summed E-state index contributed by atoms with van der Waals surface area (Å²) < 4.78 is 5.66. The average molecular weight is 400 g/mol. The number of hydrogen-bond acceptors (Lipinski definition) is 5. The zero-order valence-corrected chi connectivity index (χ0v) is 15.7. The fourth-order valence-electron chi connectivity index (χ4n) is 3.19. The summed E-state index contributed by atoms with van der Waals surface area (Å²) in [6.45, 7) is 0. The van der Waals surface area contributed by atoms with Gasteiger partial charge in [-0.3, -0.25) is 14.9 Å². The maximum atomic E-state index is 12.4. The molecule has 1 saturated carbocycles. The van der Waals surface area contributed by atoms with Crippen molar-refractivity contribution in [2.24, 2.45) is 0 Å². The molecule has 0 radical (unpaired) electrons. The Morgan fingerprint density at radius 1 is 1.29 bits per heavy atom. The summed E-state index contributed by atoms with van der Waals surface area (Å²) >= 11 is 6.11. The van der Waals surface area contributed by atoms with E-state index < -0.39 is 10.8 Å². The number of furan rings is 1. The van der Waals surface area contributed by atoms with E-state index in [2.05, 4.69) is 5.32 Å². The van der Waals surface area contributed by atoms with Crippen LogP contribution in [0.25, 0.3) is 17.4 Å². The molecule has 1 aliphatic carbocycles. The molecule has 1 aromatic heterocycles. The lowest BCUT2D eigenvalue weighted by atomic mass is 9.95. The third kappa shape index (κ3) is 4.59. The summed E-state index contributed by atoms with van der Waals surface area (Å²) in [5.41, 5.74) is 0.324. The Labute approximate surface area is 166 Å². The number of amides is 1. The van der Waals surface area contributed by atoms with Crippen molar-refractivity contribution in [2.45, 2.75) is 38.1 Å². The van der Waals surface area contributed by atoms with Gasteiger partial charge in [0.2, 0.25) is 0 Å². The smallest absolute Gasteiger partial charge is 0.270 e. The molecule has 3 rings (SSSR count). The Hall–Kier alpha value is -3.11. The van der Waals surface area contributed by atoms with Gasteiger partial charge in [-0.2, -0.15) is 5.26 Å². The molecule has 1 aromatic carbocycles. The topological polar surface area (TPSA) is 109 Å². The van der Waals surface area contributed by atoms with Crippen LogP contribution in [0, 0.1) is 21.4 Å². The van der Waals surface area contributed by atoms with Crippen molar-refractivity contribution in [3.63, 3.8) is 0 Å². The molecule has 0 bridgehead atoms. The maximum absolute atomic E-state index is 12.4. The van der Waals surface area contributed by atoms with Crippen LogP contribution in [0.2, 0.25) is 5.02 Å². The number of nitrogens with zero attached hydrogens (tertiary/aromatic N) is 2. The van der Waals surface area contributed by atoms with E-state index in [0.717, 1.165) is 25.7 Å². The summed E-state index contributed by atoms with van der Waals surface area (Å²) in [6, 6.07) is 9.32. The molecule has 0 spiro atoms. The summed E-state index contributed by atoms with van der Waals surface area (Å²) in [7, 11) is 0. The van der Waals surface area contributed by atoms with Gasteiger partial charge in [0.25, 0.3) is 11.6 Å². The number of non-ortho nitro benzene ring substituents is 1. The molecule has 2 aromatic rings. The van der Waals surface area contributed by atoms with Crippen molar-refractivity contribution in [1.29, 1.82) is 5.26 Å². The molecular formula is C20H18ClN3O4. The van der Waals surface area contributed by atoms with Crippen molar-refractivity contribution in [3.8, 4) is 17.4 Å². The predicted octanol–water partition coefficient (Wildman–Crippen LogP) is 4.86. The molecule has 28 heavy (non-hydrogen) atoms. The molecule has 1 amide bonds. The highest BCUT2D eigenvalue weighted by Gasteiger charge is 2.19. The number of hydrogen-bond donors (Lipinski definition) is 1. The fourth-order valence-corrected chi connectivity index (χ4v) is 3.46. The van der Waals surface area contributed by atoms with Gasteiger partial charge in [0.15, 0.2) is 0 Å². The molecule has 1 heterocycles. The SMILES string of the molecule is N#C/C(=C/c1ccc(-c2ccc([N+](=O)[O-])cc2Cl)o1)C(=O)NC1CCCCC1. The van der Waals surface area contributed by atoms with Gasteiger partial charge in [-0.15, -0.1) is 0 Å². The van der Waals surface area contributed by atoms with Gasteiger partial charge in [0, 0.05) is 29.8 Å². The highest BCUT2D eigenvalue weighted by atomic mass is 35.5. The standard InChI is InChI=1S/C20H18ClN3O4/c21-18-11-15(24(26)27)6-8-17(18)19-9-7-16(28-19)10-13(12-22)20(25)23-14-4-2-1-3-5-14/h6-11,14H,1-5H2,(H,23,25)/b13-10-. The van der Waals surface area contributed by atoms with Crippen LogP contribution in [0.1, 0.15) is 37.9 Å². The maximum Gasteiger partial charge on any atom is 0.270 e. The highest BCUT2D eigenvalue weighted by Crippen LogP contribution is 2.32. The molecular weight excluding hydrogens is 382 g/mol. The van der Waals surface area contributed by atoms with Crippen LogP contribution in [0.3, 0.4) is 0 Å². The molecule has 144 valence electrons. The number of nitro benzene ring substituents is 1. The Balaban J connectivity index is 1.77. The Morgan fingerprint density at radius 2 is 2.04 bits per heavy atom. The second-order valence-electron chi connectivity index (χ2n) is 6.60. The van der Waals surface area contributed by atoms with Crippen LogP contribution >= 0.6 is 11.6 Å². The van der Waals surface area contributed by atoms with Gasteiger partial charge >= 0.3 is 0 Å². The lowest BCUT2D eigenvalue weighted by Gasteiger charge is -2.22. The molecule has 0 unspecified atom stereocenters. The van der Waals surface area contributed by atoms with Gasteiger partial charge in [0.1, 0.15) is 23.2 Å². The minimum Gasteiger partial charge on any atom is -0.457 e. The first-order chi connectivity index (χ1) is 13.5. The van der Waals surface area contributed by atoms with Crippen LogP contribution in [0.5, 0.6) is 0 Å². The van der Waals surface area contributed by atoms with E-state index in [-0.39, 0.29) is 22.3 Å². The quantitative estimate of drug-likeness (QED) is 0.334. The number of nitrogens with one attached hydrogen (secondary N) is 1. The Bertz CT molecular complexity index is 968. The first-order valence-corrected chi connectivity index (χ1v) is 9.32. The van der Waals surface area contributed by atoms with Crippen molar-refractivity contribution in [3.05, 3.63) is 56.8 Å². The Kier molecular flexibility index (Phi) is 6.12. The normalized spacial score (nSPS) is 15.1. The van der Waals surface area contributed by atoms with Crippen molar-refractivity contribution < 1.29 is 14.1 Å². The molecule has 1 N–H and O–H groups in total. The molecule has 7 nitrogen and oxygen atoms in total. The number of carbonyl (C=O) groups is 1. The fraction of sp³-hybridized carbons (Fsp3) is 0.300. The zero-order valence-electron chi connectivity index (χ0n) is 15.0. The molecule has 1 fully saturated rings. The van der Waals surface area contributed by atoms with E-state index >= 15 is 0 Å². The zero-order chi connectivity index (χ0) is 20.1. The third-order valence-electron chi connectivity index (χ3n) is 4.65. The minimum absolute atomic E-state index is 0.0405. The van der Waals surface area contributed by atoms with Crippen molar-refractivity contribution in [2.75, 3.05) is 0 Å². The number of rotatable bonds is 5. The van der Waals surface area contributed by atoms with Gasteiger partial charge < -0.3 is 9.73 Å². The number of halogens is 1. The van der Waals surface area contributed by atoms with Gasteiger partial charge in [-0.1, -0.05) is 30.9 Å². The van der Waals surface area contributed by atoms with Crippen LogP contribution in [-0.4, -0.2) is 16.9 Å². The summed E-state index contributed by atoms with van der Waals surface area (Å²) in [4.78, 5) is 22.6. The van der Waals surface area contributed by atoms with Gasteiger partial charge in [-0.25, -0.2) is 0 Å². The predicted molar refractivity (Wildman–Crippen MR) is 104 cm³/mol. The Morgan fingerprint density at radius 3 is 2.68 bits per heavy atom. The number of carbonyl (C=O) groups excluding carboxylic acids is 1. The van der Waals surface area contributed by atoms with Crippen molar-refractivity contribution in [1.82, 2.24) is 5.32 Å². The van der Waals surface area contributed by atoms with E-state index in [1.165, 1.54) is 30.7 Å². The van der Waals surface area contributed by atoms with Crippen molar-refractivity contribution >= 4 is 29.3 Å². The summed E-state index contributed by atoms with van der Waals surface area (Å²) in [5, 5.41) is 23.2. The molecule has 0 aliphatic heterocycles. The van der Waals surface area contributed by atoms with E-state index in [4.69, 9.17) is 16.0 Å². The molecule has 8 heteroatoms. The number of nitro groups is 1. The highest BCUT2D eigenvalue weighted by molar-refractivity contribution is 6.33. The summed E-state index contributed by atoms with van der Waals surface area (Å²) in [5.74, 6) is 0.289. The first kappa shape index (κ1) is 19.6. The van der Waals surface area contributed by atoms with Gasteiger partial charge in [0.05, 0.1) is 9.95 Å². The number of benzene rings is 1. The lowest BCUT2D eigenvalue weighted by Crippen LogP contribution is -2.36. The second-order valence-corrected chi connectivity index (χ2v) is 7.01. The molecule has 0 saturated heterocycles. The second kappa shape index (κ2) is 8.72. The first-order valence-electron chi connectivity index (χ1n) is 8.94. The van der Waals surface area contributed by atoms with Crippen LogP contribution in [0.4, 0.5) is 5.69 Å². The van der Waals surface area contributed by atoms with E-state index in [1.807, 2.05) is 6.07 Å². The van der Waals surface area contributed by atoms with E-state index in [9.17, 15) is 20.2 Å². The van der Waals surface area contributed by atoms with Crippen LogP contribution < -0.4 is 5.32 Å². The summed E-state index contributed by atoms with van der Waals surface area (Å²) in [6.07, 6.45) is 6.55. The van der Waals surface area contributed by atoms with Crippen LogP contribution in [0.15, 0.2) is 40.3 Å². The number of nitriles is 1. The lowest BCUT2D eigenvalue weighted by molar-refractivity contribution is -0.384. The molecule has 1 aliphatic rings. The minimum atomic E-state index is -0.532. The average Bonchev–Trinajstić information content (AvgIpc) is 3.15. The molecule has 0 atom stereocenters. The third-order valence-corrected chi connectivity index (χ3v) is 4.96. The monoisotopic (exact) mass is 399 g/mol.